The number of nitrogens with zero attached hydrogens (tertiary/aromatic N) is 1. The molecule has 2 aliphatic rings. The highest BCUT2D eigenvalue weighted by Crippen LogP contribution is 2.40. The van der Waals surface area contributed by atoms with Crippen LogP contribution in [0.4, 0.5) is 5.69 Å². The highest BCUT2D eigenvalue weighted by molar-refractivity contribution is 5.99. The molecule has 2 aromatic rings. The molecule has 0 bridgehead atoms. The molecule has 2 aliphatic heterocycles. The highest BCUT2D eigenvalue weighted by atomic mass is 16.5. The summed E-state index contributed by atoms with van der Waals surface area (Å²) in [5.41, 5.74) is 3.13. The summed E-state index contributed by atoms with van der Waals surface area (Å²) in [5, 5.41) is 3.17. The van der Waals surface area contributed by atoms with Crippen LogP contribution in [0.3, 0.4) is 0 Å². The van der Waals surface area contributed by atoms with Gasteiger partial charge in [-0.3, -0.25) is 9.59 Å². The summed E-state index contributed by atoms with van der Waals surface area (Å²) < 4.78 is 6.12. The lowest BCUT2D eigenvalue weighted by Crippen LogP contribution is -2.41. The van der Waals surface area contributed by atoms with Crippen LogP contribution in [0.15, 0.2) is 42.5 Å². The molecule has 0 radical (unpaired) electrons. The van der Waals surface area contributed by atoms with Crippen molar-refractivity contribution in [3.8, 4) is 5.75 Å². The van der Waals surface area contributed by atoms with E-state index in [-0.39, 0.29) is 23.5 Å². The van der Waals surface area contributed by atoms with Gasteiger partial charge in [-0.15, -0.1) is 0 Å². The molecular formula is C23H26N2O3. The molecule has 0 unspecified atom stereocenters. The molecule has 0 aliphatic carbocycles. The molecule has 2 aromatic carbocycles. The van der Waals surface area contributed by atoms with Crippen molar-refractivity contribution in [3.63, 3.8) is 0 Å². The van der Waals surface area contributed by atoms with E-state index in [1.165, 1.54) is 0 Å². The first-order valence-electron chi connectivity index (χ1n) is 9.83. The fourth-order valence-electron chi connectivity index (χ4n) is 4.07. The fraction of sp³-hybridized carbons (Fsp3) is 0.391. The van der Waals surface area contributed by atoms with Gasteiger partial charge in [0.25, 0.3) is 5.91 Å². The van der Waals surface area contributed by atoms with E-state index in [2.05, 4.69) is 5.32 Å². The Labute approximate surface area is 165 Å². The number of benzene rings is 2. The van der Waals surface area contributed by atoms with Crippen LogP contribution in [0, 0.1) is 6.92 Å². The maximum absolute atomic E-state index is 13.0. The SMILES string of the molecule is Cc1ccc2c(c1)OC(C)(C)C[C@H]2NC(=O)c1cccc(N2CCCC2=O)c1. The van der Waals surface area contributed by atoms with E-state index in [4.69, 9.17) is 4.74 Å². The van der Waals surface area contributed by atoms with Crippen LogP contribution in [-0.4, -0.2) is 24.0 Å². The van der Waals surface area contributed by atoms with Gasteiger partial charge in [0.05, 0.1) is 6.04 Å². The van der Waals surface area contributed by atoms with Gasteiger partial charge in [0.2, 0.25) is 5.91 Å². The zero-order valence-electron chi connectivity index (χ0n) is 16.6. The second kappa shape index (κ2) is 6.97. The standard InChI is InChI=1S/C23H26N2O3/c1-15-9-10-18-19(14-23(2,3)28-20(18)12-15)24-22(27)16-6-4-7-17(13-16)25-11-5-8-21(25)26/h4,6-7,9-10,12-13,19H,5,8,11,14H2,1-3H3,(H,24,27)/t19-/m1/s1. The van der Waals surface area contributed by atoms with Crippen LogP contribution in [0.25, 0.3) is 0 Å². The third-order valence-corrected chi connectivity index (χ3v) is 5.43. The summed E-state index contributed by atoms with van der Waals surface area (Å²) in [6.45, 7) is 6.82. The van der Waals surface area contributed by atoms with Crippen molar-refractivity contribution >= 4 is 17.5 Å². The molecule has 0 aromatic heterocycles. The summed E-state index contributed by atoms with van der Waals surface area (Å²) in [7, 11) is 0. The second-order valence-electron chi connectivity index (χ2n) is 8.33. The molecule has 2 amide bonds. The van der Waals surface area contributed by atoms with Gasteiger partial charge in [-0.25, -0.2) is 0 Å². The Kier molecular flexibility index (Phi) is 4.61. The molecule has 1 N–H and O–H groups in total. The van der Waals surface area contributed by atoms with Crippen molar-refractivity contribution in [3.05, 3.63) is 59.2 Å². The van der Waals surface area contributed by atoms with Crippen LogP contribution >= 0.6 is 0 Å². The number of ether oxygens (including phenoxy) is 1. The average Bonchev–Trinajstić information content (AvgIpc) is 3.06. The van der Waals surface area contributed by atoms with Crippen molar-refractivity contribution in [2.24, 2.45) is 0 Å². The number of anilines is 1. The van der Waals surface area contributed by atoms with Gasteiger partial charge >= 0.3 is 0 Å². The molecule has 5 nitrogen and oxygen atoms in total. The second-order valence-corrected chi connectivity index (χ2v) is 8.33. The zero-order valence-corrected chi connectivity index (χ0v) is 16.6. The number of rotatable bonds is 3. The molecule has 1 saturated heterocycles. The van der Waals surface area contributed by atoms with Crippen LogP contribution in [0.1, 0.15) is 60.6 Å². The van der Waals surface area contributed by atoms with Gasteiger partial charge < -0.3 is 15.0 Å². The topological polar surface area (TPSA) is 58.6 Å². The van der Waals surface area contributed by atoms with Gasteiger partial charge in [-0.05, 0) is 57.0 Å². The quantitative estimate of drug-likeness (QED) is 0.873. The number of fused-ring (bicyclic) bond motifs is 1. The van der Waals surface area contributed by atoms with Crippen LogP contribution in [0.5, 0.6) is 5.75 Å². The van der Waals surface area contributed by atoms with Crippen molar-refractivity contribution < 1.29 is 14.3 Å². The molecule has 28 heavy (non-hydrogen) atoms. The molecular weight excluding hydrogens is 352 g/mol. The lowest BCUT2D eigenvalue weighted by molar-refractivity contribution is -0.117. The third kappa shape index (κ3) is 3.61. The Morgan fingerprint density at radius 2 is 2.04 bits per heavy atom. The van der Waals surface area contributed by atoms with Gasteiger partial charge in [-0.2, -0.15) is 0 Å². The number of hydrogen-bond donors (Lipinski definition) is 1. The minimum Gasteiger partial charge on any atom is -0.487 e. The van der Waals surface area contributed by atoms with E-state index in [0.717, 1.165) is 29.0 Å². The number of nitrogens with one attached hydrogen (secondary N) is 1. The number of aryl methyl sites for hydroxylation is 1. The van der Waals surface area contributed by atoms with Crippen LogP contribution in [-0.2, 0) is 4.79 Å². The van der Waals surface area contributed by atoms with Gasteiger partial charge in [0.15, 0.2) is 0 Å². The summed E-state index contributed by atoms with van der Waals surface area (Å²) in [4.78, 5) is 26.8. The normalized spacial score (nSPS) is 20.5. The van der Waals surface area contributed by atoms with Crippen molar-refractivity contribution in [2.45, 2.75) is 51.7 Å². The lowest BCUT2D eigenvalue weighted by Gasteiger charge is -2.38. The first kappa shape index (κ1) is 18.5. The van der Waals surface area contributed by atoms with Crippen LogP contribution < -0.4 is 15.0 Å². The highest BCUT2D eigenvalue weighted by Gasteiger charge is 2.34. The molecule has 5 heteroatoms. The Hall–Kier alpha value is -2.82. The Bertz CT molecular complexity index is 935. The number of carbonyl (C=O) groups is 2. The zero-order chi connectivity index (χ0) is 19.9. The fourth-order valence-corrected chi connectivity index (χ4v) is 4.07. The molecule has 4 rings (SSSR count). The number of amides is 2. The molecule has 1 fully saturated rings. The molecule has 1 atom stereocenters. The van der Waals surface area contributed by atoms with E-state index < -0.39 is 0 Å². The van der Waals surface area contributed by atoms with Crippen molar-refractivity contribution in [2.75, 3.05) is 11.4 Å². The van der Waals surface area contributed by atoms with E-state index >= 15 is 0 Å². The largest absolute Gasteiger partial charge is 0.487 e. The van der Waals surface area contributed by atoms with Gasteiger partial charge in [-0.1, -0.05) is 18.2 Å². The van der Waals surface area contributed by atoms with Crippen molar-refractivity contribution in [1.82, 2.24) is 5.32 Å². The first-order chi connectivity index (χ1) is 13.3. The Morgan fingerprint density at radius 1 is 1.21 bits per heavy atom. The summed E-state index contributed by atoms with van der Waals surface area (Å²) in [5.74, 6) is 0.814. The van der Waals surface area contributed by atoms with E-state index in [1.54, 1.807) is 17.0 Å². The molecule has 146 valence electrons. The Morgan fingerprint density at radius 3 is 2.79 bits per heavy atom. The van der Waals surface area contributed by atoms with Gasteiger partial charge in [0, 0.05) is 36.2 Å². The Balaban J connectivity index is 1.58. The number of hydrogen-bond acceptors (Lipinski definition) is 3. The first-order valence-corrected chi connectivity index (χ1v) is 9.83. The maximum Gasteiger partial charge on any atom is 0.251 e. The van der Waals surface area contributed by atoms with E-state index in [1.807, 2.05) is 51.1 Å². The number of carbonyl (C=O) groups excluding carboxylic acids is 2. The molecule has 0 saturated carbocycles. The summed E-state index contributed by atoms with van der Waals surface area (Å²) in [6.07, 6.45) is 2.13. The summed E-state index contributed by atoms with van der Waals surface area (Å²) >= 11 is 0. The minimum atomic E-state index is -0.359. The average molecular weight is 378 g/mol. The van der Waals surface area contributed by atoms with Gasteiger partial charge in [0.1, 0.15) is 11.4 Å². The van der Waals surface area contributed by atoms with Crippen LogP contribution in [0.2, 0.25) is 0 Å². The van der Waals surface area contributed by atoms with Crippen molar-refractivity contribution in [1.29, 1.82) is 0 Å². The smallest absolute Gasteiger partial charge is 0.251 e. The lowest BCUT2D eigenvalue weighted by atomic mass is 9.89. The molecule has 2 heterocycles. The van der Waals surface area contributed by atoms with E-state index in [0.29, 0.717) is 24.9 Å². The van der Waals surface area contributed by atoms with E-state index in [9.17, 15) is 9.59 Å². The predicted molar refractivity (Wildman–Crippen MR) is 109 cm³/mol. The monoisotopic (exact) mass is 378 g/mol. The third-order valence-electron chi connectivity index (χ3n) is 5.43. The minimum absolute atomic E-state index is 0.119. The maximum atomic E-state index is 13.0. The molecule has 0 spiro atoms. The predicted octanol–water partition coefficient (Wildman–Crippen LogP) is 4.15. The summed E-state index contributed by atoms with van der Waals surface area (Å²) in [6, 6.07) is 13.3.